The van der Waals surface area contributed by atoms with Crippen molar-refractivity contribution in [1.82, 2.24) is 19.3 Å². The third-order valence-corrected chi connectivity index (χ3v) is 6.96. The Labute approximate surface area is 199 Å². The number of hydrogen-bond donors (Lipinski definition) is 2. The van der Waals surface area contributed by atoms with Crippen LogP contribution in [0.2, 0.25) is 0 Å². The van der Waals surface area contributed by atoms with E-state index in [1.165, 1.54) is 12.1 Å². The van der Waals surface area contributed by atoms with E-state index in [4.69, 9.17) is 9.85 Å². The van der Waals surface area contributed by atoms with Crippen molar-refractivity contribution in [2.45, 2.75) is 35.7 Å². The number of rotatable bonds is 4. The average Bonchev–Trinajstić information content (AvgIpc) is 2.80. The molecular formula is C19H18F6N6O3S. The number of pyridine rings is 1. The van der Waals surface area contributed by atoms with E-state index in [9.17, 15) is 39.9 Å². The molecule has 0 aromatic carbocycles. The first kappa shape index (κ1) is 22.3. The Morgan fingerprint density at radius 3 is 2.23 bits per heavy atom. The van der Waals surface area contributed by atoms with Gasteiger partial charge in [0, 0.05) is 47.9 Å². The highest BCUT2D eigenvalue weighted by atomic mass is 32.2. The molecule has 0 spiro atoms. The number of nitrogens with two attached hydrogens (primary N) is 1. The maximum absolute atomic E-state index is 13.2. The fourth-order valence-electron chi connectivity index (χ4n) is 3.26. The fourth-order valence-corrected chi connectivity index (χ4v) is 4.64. The molecule has 16 heteroatoms. The number of aromatic nitrogens is 3. The smallest absolute Gasteiger partial charge is 0.384 e. The summed E-state index contributed by atoms with van der Waals surface area (Å²) in [7, 11) is -4.17. The summed E-state index contributed by atoms with van der Waals surface area (Å²) in [4.78, 5) is 11.6. The third-order valence-electron chi connectivity index (χ3n) is 5.11. The minimum atomic E-state index is -6.15. The van der Waals surface area contributed by atoms with Crippen LogP contribution in [0.3, 0.4) is 0 Å². The minimum absolute atomic E-state index is 0.0544. The van der Waals surface area contributed by atoms with Gasteiger partial charge in [0.1, 0.15) is 16.8 Å². The van der Waals surface area contributed by atoms with Crippen LogP contribution >= 0.6 is 0 Å². The number of anilines is 2. The molecule has 2 aromatic rings. The molecule has 3 rings (SSSR count). The van der Waals surface area contributed by atoms with E-state index in [-0.39, 0.29) is 36.2 Å². The predicted molar refractivity (Wildman–Crippen MR) is 110 cm³/mol. The zero-order valence-corrected chi connectivity index (χ0v) is 18.2. The van der Waals surface area contributed by atoms with Crippen LogP contribution in [0.5, 0.6) is 0 Å². The lowest BCUT2D eigenvalue weighted by Crippen LogP contribution is -2.55. The van der Waals surface area contributed by atoms with Crippen LogP contribution in [0.15, 0.2) is 35.6 Å². The monoisotopic (exact) mass is 527 g/mol. The van der Waals surface area contributed by atoms with Crippen LogP contribution in [0.4, 0.5) is 38.1 Å². The van der Waals surface area contributed by atoms with Gasteiger partial charge >= 0.3 is 12.4 Å². The zero-order chi connectivity index (χ0) is 28.7. The maximum atomic E-state index is 13.2. The Morgan fingerprint density at radius 1 is 1.09 bits per heavy atom. The van der Waals surface area contributed by atoms with Crippen molar-refractivity contribution in [1.29, 1.82) is 0 Å². The standard InChI is InChI=1S/C19H18F6N6O3S/c1-2-3-13-11-30(35(33,34)14-4-5-15(26)27-10-14)6-7-31(13)16-28-8-12(9-29-16)17(32,18(20,21)22)19(23,24)25/h4-5,8-10,13,32H,6-7,11H2,1H3,(H2,26,27)/i1D3. The molecule has 1 fully saturated rings. The molecule has 1 unspecified atom stereocenters. The topological polar surface area (TPSA) is 126 Å². The van der Waals surface area contributed by atoms with Gasteiger partial charge in [-0.1, -0.05) is 5.92 Å². The van der Waals surface area contributed by atoms with E-state index in [2.05, 4.69) is 20.9 Å². The van der Waals surface area contributed by atoms with Gasteiger partial charge in [-0.3, -0.25) is 0 Å². The van der Waals surface area contributed by atoms with E-state index in [0.717, 1.165) is 15.4 Å². The highest BCUT2D eigenvalue weighted by Crippen LogP contribution is 2.49. The van der Waals surface area contributed by atoms with E-state index < -0.39 is 58.9 Å². The fraction of sp³-hybridized carbons (Fsp3) is 0.421. The largest absolute Gasteiger partial charge is 0.430 e. The lowest BCUT2D eigenvalue weighted by atomic mass is 9.95. The van der Waals surface area contributed by atoms with Crippen LogP contribution < -0.4 is 10.6 Å². The summed E-state index contributed by atoms with van der Waals surface area (Å²) < 4.78 is 128. The molecule has 3 N–H and O–H groups in total. The van der Waals surface area contributed by atoms with Gasteiger partial charge in [-0.2, -0.15) is 30.6 Å². The number of piperazine rings is 1. The molecule has 2 aromatic heterocycles. The molecule has 0 radical (unpaired) electrons. The molecule has 1 aliphatic heterocycles. The van der Waals surface area contributed by atoms with Gasteiger partial charge in [-0.15, -0.1) is 5.92 Å². The van der Waals surface area contributed by atoms with E-state index in [1.807, 2.05) is 5.92 Å². The van der Waals surface area contributed by atoms with Crippen molar-refractivity contribution < 1.29 is 44.0 Å². The van der Waals surface area contributed by atoms with Crippen molar-refractivity contribution >= 4 is 21.8 Å². The van der Waals surface area contributed by atoms with Crippen molar-refractivity contribution in [3.63, 3.8) is 0 Å². The highest BCUT2D eigenvalue weighted by Gasteiger charge is 2.71. The summed E-state index contributed by atoms with van der Waals surface area (Å²) in [6.45, 7) is -3.77. The number of aliphatic hydroxyl groups is 1. The number of halogens is 6. The van der Waals surface area contributed by atoms with Crippen LogP contribution in [-0.2, 0) is 15.6 Å². The summed E-state index contributed by atoms with van der Waals surface area (Å²) in [5.74, 6) is 3.88. The van der Waals surface area contributed by atoms with E-state index in [0.29, 0.717) is 0 Å². The number of hydrogen-bond acceptors (Lipinski definition) is 8. The molecule has 190 valence electrons. The van der Waals surface area contributed by atoms with Crippen molar-refractivity contribution in [2.75, 3.05) is 30.3 Å². The van der Waals surface area contributed by atoms with E-state index in [1.54, 1.807) is 0 Å². The zero-order valence-electron chi connectivity index (χ0n) is 20.3. The maximum Gasteiger partial charge on any atom is 0.430 e. The molecule has 0 bridgehead atoms. The van der Waals surface area contributed by atoms with E-state index >= 15 is 0 Å². The summed E-state index contributed by atoms with van der Waals surface area (Å²) in [5, 5.41) is 9.52. The number of sulfonamides is 1. The first-order valence-corrected chi connectivity index (χ1v) is 10.9. The molecule has 0 aliphatic carbocycles. The Kier molecular flexibility index (Phi) is 5.82. The van der Waals surface area contributed by atoms with Crippen LogP contribution in [0, 0.1) is 11.8 Å². The molecule has 35 heavy (non-hydrogen) atoms. The molecule has 1 saturated heterocycles. The van der Waals surface area contributed by atoms with Crippen LogP contribution in [0.25, 0.3) is 0 Å². The van der Waals surface area contributed by atoms with Crippen LogP contribution in [-0.4, -0.2) is 70.8 Å². The Hall–Kier alpha value is -3.16. The van der Waals surface area contributed by atoms with Gasteiger partial charge in [-0.25, -0.2) is 23.4 Å². The molecular weight excluding hydrogens is 506 g/mol. The summed E-state index contributed by atoms with van der Waals surface area (Å²) >= 11 is 0. The molecule has 0 amide bonds. The average molecular weight is 527 g/mol. The quantitative estimate of drug-likeness (QED) is 0.455. The predicted octanol–water partition coefficient (Wildman–Crippen LogP) is 1.67. The number of nitrogen functional groups attached to an aromatic ring is 1. The highest BCUT2D eigenvalue weighted by molar-refractivity contribution is 7.89. The van der Waals surface area contributed by atoms with Crippen LogP contribution in [0.1, 0.15) is 16.5 Å². The van der Waals surface area contributed by atoms with Gasteiger partial charge in [0.15, 0.2) is 0 Å². The van der Waals surface area contributed by atoms with Gasteiger partial charge in [0.05, 0.1) is 0 Å². The summed E-state index contributed by atoms with van der Waals surface area (Å²) in [6, 6.07) is 1.17. The first-order valence-electron chi connectivity index (χ1n) is 11.0. The van der Waals surface area contributed by atoms with Crippen molar-refractivity contribution in [2.24, 2.45) is 0 Å². The first-order chi connectivity index (χ1) is 17.3. The molecule has 0 saturated carbocycles. The van der Waals surface area contributed by atoms with Gasteiger partial charge < -0.3 is 15.7 Å². The molecule has 3 heterocycles. The van der Waals surface area contributed by atoms with Gasteiger partial charge in [-0.05, 0) is 19.0 Å². The second kappa shape index (κ2) is 9.13. The lowest BCUT2D eigenvalue weighted by Gasteiger charge is -2.38. The van der Waals surface area contributed by atoms with Crippen molar-refractivity contribution in [3.8, 4) is 11.8 Å². The Bertz CT molecular complexity index is 1310. The second-order valence-electron chi connectivity index (χ2n) is 7.24. The number of nitrogens with zero attached hydrogens (tertiary/aromatic N) is 5. The lowest BCUT2D eigenvalue weighted by molar-refractivity contribution is -0.376. The molecule has 1 atom stereocenters. The normalized spacial score (nSPS) is 19.8. The molecule has 1 aliphatic rings. The number of alkyl halides is 6. The SMILES string of the molecule is [2H]C([2H])([2H])C#CC1CN(S(=O)(=O)c2ccc(N)nc2)CCN1c1ncc(C(O)(C(F)(F)F)C(F)(F)F)cn1. The third kappa shape index (κ3) is 4.83. The van der Waals surface area contributed by atoms with Crippen molar-refractivity contribution in [3.05, 3.63) is 36.3 Å². The Balaban J connectivity index is 1.97. The summed E-state index contributed by atoms with van der Waals surface area (Å²) in [5.41, 5.74) is -1.49. The van der Waals surface area contributed by atoms with Gasteiger partial charge in [0.25, 0.3) is 5.60 Å². The minimum Gasteiger partial charge on any atom is -0.384 e. The van der Waals surface area contributed by atoms with Gasteiger partial charge in [0.2, 0.25) is 16.0 Å². The Morgan fingerprint density at radius 2 is 1.71 bits per heavy atom. The summed E-state index contributed by atoms with van der Waals surface area (Å²) in [6.07, 6.45) is -11.0. The molecule has 9 nitrogen and oxygen atoms in total. The second-order valence-corrected chi connectivity index (χ2v) is 9.18.